The largest absolute Gasteiger partial charge is 0.497 e. The topological polar surface area (TPSA) is 45.7 Å². The molecule has 5 nitrogen and oxygen atoms in total. The molecule has 138 valence electrons. The third-order valence-corrected chi connectivity index (χ3v) is 5.97. The number of aromatic nitrogens is 1. The van der Waals surface area contributed by atoms with Gasteiger partial charge >= 0.3 is 0 Å². The molecule has 3 saturated heterocycles. The lowest BCUT2D eigenvalue weighted by molar-refractivity contribution is -0.140. The van der Waals surface area contributed by atoms with Gasteiger partial charge in [0.25, 0.3) is 0 Å². The molecule has 26 heavy (non-hydrogen) atoms. The van der Waals surface area contributed by atoms with Gasteiger partial charge in [0.15, 0.2) is 0 Å². The molecule has 7 heteroatoms. The first-order valence-electron chi connectivity index (χ1n) is 8.86. The van der Waals surface area contributed by atoms with Gasteiger partial charge < -0.3 is 9.64 Å². The Morgan fingerprint density at radius 2 is 2.19 bits per heavy atom. The minimum Gasteiger partial charge on any atom is -0.497 e. The fourth-order valence-electron chi connectivity index (χ4n) is 4.00. The van der Waals surface area contributed by atoms with E-state index in [4.69, 9.17) is 4.74 Å². The third kappa shape index (κ3) is 3.46. The molecule has 1 aromatic heterocycles. The van der Waals surface area contributed by atoms with Crippen molar-refractivity contribution in [2.75, 3.05) is 20.2 Å². The Kier molecular flexibility index (Phi) is 4.91. The Morgan fingerprint density at radius 1 is 1.31 bits per heavy atom. The first kappa shape index (κ1) is 17.4. The number of benzene rings is 1. The summed E-state index contributed by atoms with van der Waals surface area (Å²) in [6.07, 6.45) is 1.91. The SMILES string of the molecule is COc1ccc(F)c(CN2C[C@@H]3CC[C@H](C2)N(Cc2cscn2)C3=O)c1. The van der Waals surface area contributed by atoms with Crippen LogP contribution in [-0.4, -0.2) is 46.9 Å². The van der Waals surface area contributed by atoms with Gasteiger partial charge in [0.1, 0.15) is 11.6 Å². The highest BCUT2D eigenvalue weighted by atomic mass is 32.1. The molecule has 3 aliphatic rings. The number of hydrogen-bond donors (Lipinski definition) is 0. The van der Waals surface area contributed by atoms with Crippen molar-refractivity contribution in [2.45, 2.75) is 32.0 Å². The first-order valence-corrected chi connectivity index (χ1v) is 9.80. The number of rotatable bonds is 5. The van der Waals surface area contributed by atoms with Crippen LogP contribution in [0, 0.1) is 11.7 Å². The Balaban J connectivity index is 1.51. The Hall–Kier alpha value is -1.99. The number of amides is 1. The maximum absolute atomic E-state index is 14.2. The molecule has 2 atom stereocenters. The van der Waals surface area contributed by atoms with Gasteiger partial charge in [0, 0.05) is 36.6 Å². The Labute approximate surface area is 156 Å². The van der Waals surface area contributed by atoms with E-state index in [1.54, 1.807) is 36.1 Å². The Bertz CT molecular complexity index is 783. The summed E-state index contributed by atoms with van der Waals surface area (Å²) in [6.45, 7) is 2.52. The zero-order valence-electron chi connectivity index (χ0n) is 14.7. The minimum absolute atomic E-state index is 0.0129. The summed E-state index contributed by atoms with van der Waals surface area (Å²) in [5, 5.41) is 2.00. The molecular weight excluding hydrogens is 353 g/mol. The molecule has 0 unspecified atom stereocenters. The lowest BCUT2D eigenvalue weighted by atomic mass is 9.94. The first-order chi connectivity index (χ1) is 12.6. The molecule has 0 aliphatic carbocycles. The van der Waals surface area contributed by atoms with Crippen molar-refractivity contribution in [3.8, 4) is 5.75 Å². The molecule has 4 heterocycles. The molecule has 1 amide bonds. The number of piperidine rings is 1. The molecule has 2 bridgehead atoms. The number of thiazole rings is 1. The van der Waals surface area contributed by atoms with Crippen molar-refractivity contribution < 1.29 is 13.9 Å². The Morgan fingerprint density at radius 3 is 2.96 bits per heavy atom. The lowest BCUT2D eigenvalue weighted by Crippen LogP contribution is -2.47. The normalized spacial score (nSPS) is 23.3. The molecule has 0 spiro atoms. The van der Waals surface area contributed by atoms with E-state index in [1.165, 1.54) is 6.07 Å². The fourth-order valence-corrected chi connectivity index (χ4v) is 4.55. The maximum Gasteiger partial charge on any atom is 0.227 e. The van der Waals surface area contributed by atoms with Crippen molar-refractivity contribution >= 4 is 17.2 Å². The van der Waals surface area contributed by atoms with Crippen molar-refractivity contribution in [2.24, 2.45) is 5.92 Å². The maximum atomic E-state index is 14.2. The molecule has 3 aliphatic heterocycles. The van der Waals surface area contributed by atoms with Crippen LogP contribution in [0.3, 0.4) is 0 Å². The van der Waals surface area contributed by atoms with Crippen LogP contribution in [0.4, 0.5) is 4.39 Å². The summed E-state index contributed by atoms with van der Waals surface area (Å²) in [5.74, 6) is 0.623. The molecule has 2 aromatic rings. The average Bonchev–Trinajstić information content (AvgIpc) is 3.02. The van der Waals surface area contributed by atoms with Gasteiger partial charge in [-0.25, -0.2) is 9.37 Å². The van der Waals surface area contributed by atoms with E-state index in [9.17, 15) is 9.18 Å². The summed E-state index contributed by atoms with van der Waals surface area (Å²) >= 11 is 1.55. The van der Waals surface area contributed by atoms with Crippen LogP contribution >= 0.6 is 11.3 Å². The summed E-state index contributed by atoms with van der Waals surface area (Å²) in [5.41, 5.74) is 3.36. The van der Waals surface area contributed by atoms with E-state index in [0.29, 0.717) is 30.9 Å². The average molecular weight is 375 g/mol. The lowest BCUT2D eigenvalue weighted by Gasteiger charge is -2.35. The second-order valence-electron chi connectivity index (χ2n) is 7.03. The standard InChI is InChI=1S/C19H22FN3O2S/c1-25-17-4-5-18(20)14(6-17)8-22-7-13-2-3-16(10-22)23(19(13)24)9-15-11-26-12-21-15/h4-6,11-13,16H,2-3,7-10H2,1H3/t13-,16+/m0/s1. The van der Waals surface area contributed by atoms with Gasteiger partial charge in [-0.3, -0.25) is 9.69 Å². The van der Waals surface area contributed by atoms with Gasteiger partial charge in [-0.15, -0.1) is 11.3 Å². The second kappa shape index (κ2) is 7.32. The minimum atomic E-state index is -0.229. The molecule has 1 aromatic carbocycles. The zero-order valence-corrected chi connectivity index (χ0v) is 15.5. The smallest absolute Gasteiger partial charge is 0.227 e. The fraction of sp³-hybridized carbons (Fsp3) is 0.474. The number of carbonyl (C=O) groups excluding carboxylic acids is 1. The predicted molar refractivity (Wildman–Crippen MR) is 97.4 cm³/mol. The van der Waals surface area contributed by atoms with Crippen LogP contribution in [0.5, 0.6) is 5.75 Å². The number of fused-ring (bicyclic) bond motifs is 4. The van der Waals surface area contributed by atoms with Gasteiger partial charge in [0.2, 0.25) is 5.91 Å². The number of methoxy groups -OCH3 is 1. The van der Waals surface area contributed by atoms with E-state index in [-0.39, 0.29) is 23.7 Å². The van der Waals surface area contributed by atoms with Gasteiger partial charge in [-0.2, -0.15) is 0 Å². The van der Waals surface area contributed by atoms with E-state index in [1.807, 2.05) is 10.3 Å². The van der Waals surface area contributed by atoms with Crippen molar-refractivity contribution in [1.29, 1.82) is 0 Å². The monoisotopic (exact) mass is 375 g/mol. The molecule has 0 radical (unpaired) electrons. The quantitative estimate of drug-likeness (QED) is 0.806. The highest BCUT2D eigenvalue weighted by Crippen LogP contribution is 2.31. The number of nitrogens with zero attached hydrogens (tertiary/aromatic N) is 3. The van der Waals surface area contributed by atoms with Crippen LogP contribution in [0.2, 0.25) is 0 Å². The summed E-state index contributed by atoms with van der Waals surface area (Å²) in [6, 6.07) is 4.98. The van der Waals surface area contributed by atoms with Crippen LogP contribution in [-0.2, 0) is 17.9 Å². The molecule has 0 saturated carbocycles. The van der Waals surface area contributed by atoms with Crippen molar-refractivity contribution in [3.05, 3.63) is 46.2 Å². The van der Waals surface area contributed by atoms with E-state index < -0.39 is 0 Å². The molecule has 0 N–H and O–H groups in total. The van der Waals surface area contributed by atoms with E-state index in [2.05, 4.69) is 9.88 Å². The highest BCUT2D eigenvalue weighted by Gasteiger charge is 2.40. The van der Waals surface area contributed by atoms with Gasteiger partial charge in [0.05, 0.1) is 30.8 Å². The van der Waals surface area contributed by atoms with Crippen LogP contribution in [0.15, 0.2) is 29.1 Å². The van der Waals surface area contributed by atoms with Crippen molar-refractivity contribution in [1.82, 2.24) is 14.8 Å². The molecular formula is C19H22FN3O2S. The highest BCUT2D eigenvalue weighted by molar-refractivity contribution is 7.07. The summed E-state index contributed by atoms with van der Waals surface area (Å²) < 4.78 is 19.4. The third-order valence-electron chi connectivity index (χ3n) is 5.33. The summed E-state index contributed by atoms with van der Waals surface area (Å²) in [7, 11) is 1.58. The van der Waals surface area contributed by atoms with Crippen LogP contribution in [0.25, 0.3) is 0 Å². The van der Waals surface area contributed by atoms with Crippen molar-refractivity contribution in [3.63, 3.8) is 0 Å². The number of ether oxygens (including phenoxy) is 1. The number of hydrogen-bond acceptors (Lipinski definition) is 5. The second-order valence-corrected chi connectivity index (χ2v) is 7.74. The van der Waals surface area contributed by atoms with Crippen LogP contribution < -0.4 is 4.74 Å². The van der Waals surface area contributed by atoms with Gasteiger partial charge in [-0.05, 0) is 31.0 Å². The van der Waals surface area contributed by atoms with E-state index >= 15 is 0 Å². The van der Waals surface area contributed by atoms with Crippen LogP contribution in [0.1, 0.15) is 24.1 Å². The summed E-state index contributed by atoms with van der Waals surface area (Å²) in [4.78, 5) is 21.4. The molecule has 3 fully saturated rings. The predicted octanol–water partition coefficient (Wildman–Crippen LogP) is 2.91. The number of carbonyl (C=O) groups is 1. The molecule has 5 rings (SSSR count). The van der Waals surface area contributed by atoms with E-state index in [0.717, 1.165) is 25.1 Å². The van der Waals surface area contributed by atoms with Gasteiger partial charge in [-0.1, -0.05) is 0 Å². The zero-order chi connectivity index (χ0) is 18.1. The number of halogens is 1.